The van der Waals surface area contributed by atoms with Gasteiger partial charge in [-0.1, -0.05) is 31.9 Å². The molecule has 2 aromatic carbocycles. The zero-order valence-corrected chi connectivity index (χ0v) is 24.0. The first-order valence-electron chi connectivity index (χ1n) is 12.0. The van der Waals surface area contributed by atoms with E-state index in [2.05, 4.69) is 31.9 Å². The largest absolute Gasteiger partial charge is 0.499 e. The van der Waals surface area contributed by atoms with E-state index in [9.17, 15) is 0 Å². The second-order valence-corrected chi connectivity index (χ2v) is 12.2. The smallest absolute Gasteiger partial charge is 0.491 e. The minimum Gasteiger partial charge on any atom is -0.491 e. The first-order valence-corrected chi connectivity index (χ1v) is 13.6. The standard InChI is InChI=1S/2C12H15BBrNO3/c2*1-12(2)6-16-8-4-3-7(14)10-9(5-15)17-13(18-12)11(8)10/h2*3-4,9H,5-6,15H2,1-2H3/t9-;/m1./s1. The van der Waals surface area contributed by atoms with Crippen molar-refractivity contribution in [2.24, 2.45) is 11.5 Å². The summed E-state index contributed by atoms with van der Waals surface area (Å²) in [4.78, 5) is 0. The highest BCUT2D eigenvalue weighted by Gasteiger charge is 2.47. The van der Waals surface area contributed by atoms with Gasteiger partial charge in [0.1, 0.15) is 24.7 Å². The van der Waals surface area contributed by atoms with Crippen LogP contribution in [0.2, 0.25) is 0 Å². The lowest BCUT2D eigenvalue weighted by Crippen LogP contribution is -2.40. The van der Waals surface area contributed by atoms with Crippen molar-refractivity contribution in [2.45, 2.75) is 51.1 Å². The number of ether oxygens (including phenoxy) is 2. The predicted octanol–water partition coefficient (Wildman–Crippen LogP) is 2.72. The molecule has 2 aromatic rings. The quantitative estimate of drug-likeness (QED) is 0.492. The number of hydrogen-bond acceptors (Lipinski definition) is 8. The molecule has 4 aliphatic rings. The monoisotopic (exact) mass is 622 g/mol. The molecule has 192 valence electrons. The van der Waals surface area contributed by atoms with E-state index >= 15 is 0 Å². The third kappa shape index (κ3) is 4.87. The molecule has 1 unspecified atom stereocenters. The Balaban J connectivity index is 0.000000148. The van der Waals surface area contributed by atoms with Crippen molar-refractivity contribution in [3.8, 4) is 11.5 Å². The molecule has 0 bridgehead atoms. The zero-order chi connectivity index (χ0) is 25.8. The van der Waals surface area contributed by atoms with E-state index < -0.39 is 14.2 Å². The van der Waals surface area contributed by atoms with Gasteiger partial charge in [0, 0.05) is 33.0 Å². The van der Waals surface area contributed by atoms with Crippen molar-refractivity contribution in [3.05, 3.63) is 44.3 Å². The summed E-state index contributed by atoms with van der Waals surface area (Å²) in [5.74, 6) is 1.67. The minimum absolute atomic E-state index is 0.142. The van der Waals surface area contributed by atoms with Gasteiger partial charge in [-0.15, -0.1) is 0 Å². The molecule has 2 atom stereocenters. The fourth-order valence-corrected chi connectivity index (χ4v) is 6.02. The molecular formula is C24H30B2Br2N2O6. The lowest BCUT2D eigenvalue weighted by atomic mass is 9.77. The molecule has 8 nitrogen and oxygen atoms in total. The van der Waals surface area contributed by atoms with Gasteiger partial charge in [0.25, 0.3) is 0 Å². The molecule has 6 rings (SSSR count). The van der Waals surface area contributed by atoms with Crippen LogP contribution < -0.4 is 31.9 Å². The van der Waals surface area contributed by atoms with Crippen molar-refractivity contribution in [3.63, 3.8) is 0 Å². The van der Waals surface area contributed by atoms with Crippen molar-refractivity contribution in [2.75, 3.05) is 26.3 Å². The Hall–Kier alpha value is -1.11. The molecule has 0 saturated heterocycles. The average molecular weight is 624 g/mol. The molecule has 0 fully saturated rings. The molecule has 0 saturated carbocycles. The molecule has 0 spiro atoms. The first kappa shape index (κ1) is 26.5. The zero-order valence-electron chi connectivity index (χ0n) is 20.8. The molecule has 4 heterocycles. The molecule has 0 radical (unpaired) electrons. The summed E-state index contributed by atoms with van der Waals surface area (Å²) < 4.78 is 37.4. The van der Waals surface area contributed by atoms with Gasteiger partial charge in [-0.25, -0.2) is 0 Å². The third-order valence-corrected chi connectivity index (χ3v) is 7.89. The predicted molar refractivity (Wildman–Crippen MR) is 146 cm³/mol. The van der Waals surface area contributed by atoms with Crippen molar-refractivity contribution in [1.29, 1.82) is 0 Å². The molecule has 12 heteroatoms. The molecule has 0 amide bonds. The first-order chi connectivity index (χ1) is 17.0. The fourth-order valence-electron chi connectivity index (χ4n) is 4.81. The van der Waals surface area contributed by atoms with Crippen LogP contribution in [0.5, 0.6) is 11.5 Å². The van der Waals surface area contributed by atoms with Crippen LogP contribution >= 0.6 is 31.9 Å². The minimum atomic E-state index is -0.390. The van der Waals surface area contributed by atoms with E-state index in [1.165, 1.54) is 0 Å². The maximum Gasteiger partial charge on any atom is 0.499 e. The Morgan fingerprint density at radius 1 is 0.750 bits per heavy atom. The number of benzene rings is 2. The van der Waals surface area contributed by atoms with Crippen LogP contribution in [0.3, 0.4) is 0 Å². The Bertz CT molecular complexity index is 1080. The van der Waals surface area contributed by atoms with Crippen LogP contribution in [0.25, 0.3) is 0 Å². The Morgan fingerprint density at radius 3 is 1.50 bits per heavy atom. The number of halogens is 2. The second kappa shape index (κ2) is 9.89. The maximum atomic E-state index is 5.99. The molecular weight excluding hydrogens is 594 g/mol. The highest BCUT2D eigenvalue weighted by molar-refractivity contribution is 9.10. The molecule has 36 heavy (non-hydrogen) atoms. The Kier molecular flexibility index (Phi) is 7.28. The van der Waals surface area contributed by atoms with Crippen LogP contribution in [-0.4, -0.2) is 51.7 Å². The van der Waals surface area contributed by atoms with Crippen molar-refractivity contribution in [1.82, 2.24) is 0 Å². The summed E-state index contributed by atoms with van der Waals surface area (Å²) in [6.07, 6.45) is -0.284. The fraction of sp³-hybridized carbons (Fsp3) is 0.500. The van der Waals surface area contributed by atoms with E-state index in [-0.39, 0.29) is 23.4 Å². The van der Waals surface area contributed by atoms with E-state index in [1.54, 1.807) is 0 Å². The summed E-state index contributed by atoms with van der Waals surface area (Å²) in [6, 6.07) is 7.84. The average Bonchev–Trinajstić information content (AvgIpc) is 3.29. The summed E-state index contributed by atoms with van der Waals surface area (Å²) in [7, 11) is -0.780. The molecule has 4 aliphatic heterocycles. The second-order valence-electron chi connectivity index (χ2n) is 10.5. The van der Waals surface area contributed by atoms with Crippen LogP contribution in [0.1, 0.15) is 51.0 Å². The summed E-state index contributed by atoms with van der Waals surface area (Å²) in [6.45, 7) is 9.84. The van der Waals surface area contributed by atoms with Gasteiger partial charge in [0.15, 0.2) is 0 Å². The van der Waals surface area contributed by atoms with Crippen LogP contribution in [0.15, 0.2) is 33.2 Å². The van der Waals surface area contributed by atoms with Gasteiger partial charge in [-0.3, -0.25) is 0 Å². The number of nitrogens with two attached hydrogens (primary N) is 2. The van der Waals surface area contributed by atoms with E-state index in [1.807, 2.05) is 52.0 Å². The van der Waals surface area contributed by atoms with Gasteiger partial charge in [0.05, 0.1) is 23.4 Å². The SMILES string of the molecule is CC1(C)COc2ccc(Br)c3c2B(OC3CN)O1.CC1(C)COc2ccc(Br)c3c2B(O[C@@H]3CN)O1. The summed E-state index contributed by atoms with van der Waals surface area (Å²) >= 11 is 7.10. The summed E-state index contributed by atoms with van der Waals surface area (Å²) in [5, 5.41) is 0. The van der Waals surface area contributed by atoms with E-state index in [4.69, 9.17) is 39.6 Å². The van der Waals surface area contributed by atoms with Gasteiger partial charge in [-0.05, 0) is 63.1 Å². The highest BCUT2D eigenvalue weighted by atomic mass is 79.9. The van der Waals surface area contributed by atoms with Crippen molar-refractivity contribution < 1.29 is 28.1 Å². The third-order valence-electron chi connectivity index (χ3n) is 6.51. The Labute approximate surface area is 229 Å². The normalized spacial score (nSPS) is 24.4. The van der Waals surface area contributed by atoms with Crippen molar-refractivity contribution >= 4 is 57.0 Å². The van der Waals surface area contributed by atoms with Crippen LogP contribution in [0, 0.1) is 0 Å². The molecule has 0 aliphatic carbocycles. The maximum absolute atomic E-state index is 5.99. The summed E-state index contributed by atoms with van der Waals surface area (Å²) in [5.41, 5.74) is 14.8. The van der Waals surface area contributed by atoms with E-state index in [0.717, 1.165) is 42.5 Å². The molecule has 4 N–H and O–H groups in total. The Morgan fingerprint density at radius 2 is 1.14 bits per heavy atom. The lowest BCUT2D eigenvalue weighted by molar-refractivity contribution is 0.0277. The number of rotatable bonds is 2. The topological polar surface area (TPSA) is 107 Å². The van der Waals surface area contributed by atoms with Crippen LogP contribution in [-0.2, 0) is 18.6 Å². The highest BCUT2D eigenvalue weighted by Crippen LogP contribution is 2.38. The van der Waals surface area contributed by atoms with Gasteiger partial charge < -0.3 is 39.6 Å². The van der Waals surface area contributed by atoms with Gasteiger partial charge in [-0.2, -0.15) is 0 Å². The lowest BCUT2D eigenvalue weighted by Gasteiger charge is -2.25. The van der Waals surface area contributed by atoms with Crippen LogP contribution in [0.4, 0.5) is 0 Å². The van der Waals surface area contributed by atoms with E-state index in [0.29, 0.717) is 26.3 Å². The van der Waals surface area contributed by atoms with Gasteiger partial charge in [0.2, 0.25) is 0 Å². The number of hydrogen-bond donors (Lipinski definition) is 2. The molecule has 0 aromatic heterocycles. The van der Waals surface area contributed by atoms with Gasteiger partial charge >= 0.3 is 14.2 Å².